The topological polar surface area (TPSA) is 92.5 Å². The Bertz CT molecular complexity index is 510. The molecule has 0 aliphatic heterocycles. The van der Waals surface area contributed by atoms with Gasteiger partial charge in [-0.05, 0) is 24.8 Å². The van der Waals surface area contributed by atoms with Crippen LogP contribution < -0.4 is 5.32 Å². The number of amides is 1. The number of nitrogens with one attached hydrogen (secondary N) is 1. The zero-order valence-electron chi connectivity index (χ0n) is 11.2. The predicted molar refractivity (Wildman–Crippen MR) is 74.6 cm³/mol. The number of carbonyl (C=O) groups is 1. The molecule has 108 valence electrons. The standard InChI is InChI=1S/C14H18N2O4/c17-12-8-4-7-11(16(19)20)14(12)15-13(18)9-10-5-2-1-3-6-10/h4,7-8,10,17H,1-3,5-6,9H2,(H,15,18). The molecule has 0 heterocycles. The van der Waals surface area contributed by atoms with Crippen LogP contribution in [0.25, 0.3) is 0 Å². The molecule has 1 saturated carbocycles. The number of nitro groups is 1. The largest absolute Gasteiger partial charge is 0.505 e. The average molecular weight is 278 g/mol. The van der Waals surface area contributed by atoms with Crippen LogP contribution in [0.3, 0.4) is 0 Å². The first-order chi connectivity index (χ1) is 9.58. The highest BCUT2D eigenvalue weighted by molar-refractivity contribution is 5.95. The number of para-hydroxylation sites is 1. The second kappa shape index (κ2) is 6.36. The highest BCUT2D eigenvalue weighted by atomic mass is 16.6. The third-order valence-corrected chi connectivity index (χ3v) is 3.68. The zero-order valence-corrected chi connectivity index (χ0v) is 11.2. The SMILES string of the molecule is O=C(CC1CCCCC1)Nc1c(O)cccc1[N+](=O)[O-]. The van der Waals surface area contributed by atoms with E-state index in [2.05, 4.69) is 5.32 Å². The number of benzene rings is 1. The Labute approximate surface area is 117 Å². The number of hydrogen-bond donors (Lipinski definition) is 2. The van der Waals surface area contributed by atoms with E-state index in [1.165, 1.54) is 24.6 Å². The molecule has 6 nitrogen and oxygen atoms in total. The van der Waals surface area contributed by atoms with Gasteiger partial charge in [-0.15, -0.1) is 0 Å². The first kappa shape index (κ1) is 14.3. The quantitative estimate of drug-likeness (QED) is 0.502. The van der Waals surface area contributed by atoms with Crippen LogP contribution in [-0.4, -0.2) is 15.9 Å². The Hall–Kier alpha value is -2.11. The summed E-state index contributed by atoms with van der Waals surface area (Å²) >= 11 is 0. The lowest BCUT2D eigenvalue weighted by Gasteiger charge is -2.20. The maximum atomic E-state index is 12.0. The molecular formula is C14H18N2O4. The van der Waals surface area contributed by atoms with Crippen molar-refractivity contribution < 1.29 is 14.8 Å². The van der Waals surface area contributed by atoms with Gasteiger partial charge >= 0.3 is 0 Å². The minimum atomic E-state index is -0.615. The molecular weight excluding hydrogens is 260 g/mol. The van der Waals surface area contributed by atoms with E-state index in [0.29, 0.717) is 12.3 Å². The summed E-state index contributed by atoms with van der Waals surface area (Å²) in [6.45, 7) is 0. The summed E-state index contributed by atoms with van der Waals surface area (Å²) in [7, 11) is 0. The number of nitrogens with zero attached hydrogens (tertiary/aromatic N) is 1. The van der Waals surface area contributed by atoms with Crippen molar-refractivity contribution in [1.82, 2.24) is 0 Å². The summed E-state index contributed by atoms with van der Waals surface area (Å²) in [5, 5.41) is 23.0. The van der Waals surface area contributed by atoms with Crippen LogP contribution >= 0.6 is 0 Å². The van der Waals surface area contributed by atoms with E-state index >= 15 is 0 Å². The number of anilines is 1. The van der Waals surface area contributed by atoms with E-state index in [4.69, 9.17) is 0 Å². The number of hydrogen-bond acceptors (Lipinski definition) is 4. The van der Waals surface area contributed by atoms with E-state index in [-0.39, 0.29) is 23.0 Å². The van der Waals surface area contributed by atoms with E-state index in [1.807, 2.05) is 0 Å². The number of aromatic hydroxyl groups is 1. The molecule has 0 saturated heterocycles. The minimum Gasteiger partial charge on any atom is -0.505 e. The lowest BCUT2D eigenvalue weighted by molar-refractivity contribution is -0.384. The Morgan fingerprint density at radius 3 is 2.70 bits per heavy atom. The van der Waals surface area contributed by atoms with Gasteiger partial charge in [0.2, 0.25) is 5.91 Å². The summed E-state index contributed by atoms with van der Waals surface area (Å²) in [4.78, 5) is 22.2. The first-order valence-electron chi connectivity index (χ1n) is 6.84. The summed E-state index contributed by atoms with van der Waals surface area (Å²) in [6, 6.07) is 3.96. The molecule has 1 aliphatic carbocycles. The molecule has 0 unspecified atom stereocenters. The van der Waals surface area contributed by atoms with Crippen LogP contribution in [0.1, 0.15) is 38.5 Å². The summed E-state index contributed by atoms with van der Waals surface area (Å²) in [6.07, 6.45) is 5.88. The summed E-state index contributed by atoms with van der Waals surface area (Å²) in [5.41, 5.74) is -0.402. The van der Waals surface area contributed by atoms with Crippen LogP contribution in [0.2, 0.25) is 0 Å². The van der Waals surface area contributed by atoms with Crippen molar-refractivity contribution in [2.75, 3.05) is 5.32 Å². The molecule has 1 amide bonds. The van der Waals surface area contributed by atoms with Crippen LogP contribution in [0.15, 0.2) is 18.2 Å². The third kappa shape index (κ3) is 3.46. The van der Waals surface area contributed by atoms with Gasteiger partial charge in [-0.3, -0.25) is 14.9 Å². The van der Waals surface area contributed by atoms with E-state index in [1.54, 1.807) is 0 Å². The van der Waals surface area contributed by atoms with Crippen molar-refractivity contribution >= 4 is 17.3 Å². The van der Waals surface area contributed by atoms with Crippen molar-refractivity contribution in [3.05, 3.63) is 28.3 Å². The number of phenolic OH excluding ortho intramolecular Hbond substituents is 1. The van der Waals surface area contributed by atoms with Gasteiger partial charge in [-0.2, -0.15) is 0 Å². The molecule has 0 spiro atoms. The minimum absolute atomic E-state index is 0.113. The number of rotatable bonds is 4. The van der Waals surface area contributed by atoms with Crippen molar-refractivity contribution in [1.29, 1.82) is 0 Å². The van der Waals surface area contributed by atoms with Gasteiger partial charge in [0.15, 0.2) is 5.69 Å². The van der Waals surface area contributed by atoms with Crippen molar-refractivity contribution in [2.45, 2.75) is 38.5 Å². The number of carbonyl (C=O) groups excluding carboxylic acids is 1. The van der Waals surface area contributed by atoms with Gasteiger partial charge < -0.3 is 10.4 Å². The average Bonchev–Trinajstić information content (AvgIpc) is 2.42. The maximum absolute atomic E-state index is 12.0. The van der Waals surface area contributed by atoms with Crippen molar-refractivity contribution in [2.24, 2.45) is 5.92 Å². The molecule has 0 bridgehead atoms. The first-order valence-corrected chi connectivity index (χ1v) is 6.84. The van der Waals surface area contributed by atoms with Crippen LogP contribution in [0.5, 0.6) is 5.75 Å². The number of nitro benzene ring substituents is 1. The Kier molecular flexibility index (Phi) is 4.55. The molecule has 6 heteroatoms. The van der Waals surface area contributed by atoms with Crippen LogP contribution in [0.4, 0.5) is 11.4 Å². The lowest BCUT2D eigenvalue weighted by Crippen LogP contribution is -2.19. The number of phenols is 1. The molecule has 1 aromatic rings. The smallest absolute Gasteiger partial charge is 0.296 e. The van der Waals surface area contributed by atoms with Gasteiger partial charge in [-0.1, -0.05) is 25.3 Å². The second-order valence-electron chi connectivity index (χ2n) is 5.18. The molecule has 20 heavy (non-hydrogen) atoms. The third-order valence-electron chi connectivity index (χ3n) is 3.68. The van der Waals surface area contributed by atoms with Crippen molar-refractivity contribution in [3.63, 3.8) is 0 Å². The molecule has 0 aromatic heterocycles. The van der Waals surface area contributed by atoms with E-state index in [0.717, 1.165) is 25.7 Å². The second-order valence-corrected chi connectivity index (χ2v) is 5.18. The maximum Gasteiger partial charge on any atom is 0.296 e. The molecule has 0 atom stereocenters. The fourth-order valence-electron chi connectivity index (χ4n) is 2.65. The van der Waals surface area contributed by atoms with Gasteiger partial charge in [0.25, 0.3) is 5.69 Å². The Morgan fingerprint density at radius 2 is 2.05 bits per heavy atom. The summed E-state index contributed by atoms with van der Waals surface area (Å²) in [5.74, 6) is -0.216. The molecule has 2 N–H and O–H groups in total. The summed E-state index contributed by atoms with van der Waals surface area (Å²) < 4.78 is 0. The molecule has 1 fully saturated rings. The normalized spacial score (nSPS) is 15.8. The Balaban J connectivity index is 2.05. The zero-order chi connectivity index (χ0) is 14.5. The monoisotopic (exact) mass is 278 g/mol. The molecule has 1 aliphatic rings. The highest BCUT2D eigenvalue weighted by Gasteiger charge is 2.22. The van der Waals surface area contributed by atoms with Gasteiger partial charge in [0, 0.05) is 12.5 Å². The van der Waals surface area contributed by atoms with Crippen LogP contribution in [-0.2, 0) is 4.79 Å². The van der Waals surface area contributed by atoms with Gasteiger partial charge in [0.05, 0.1) is 4.92 Å². The fourth-order valence-corrected chi connectivity index (χ4v) is 2.65. The predicted octanol–water partition coefficient (Wildman–Crippen LogP) is 3.21. The van der Waals surface area contributed by atoms with Gasteiger partial charge in [-0.25, -0.2) is 0 Å². The van der Waals surface area contributed by atoms with E-state index < -0.39 is 4.92 Å². The van der Waals surface area contributed by atoms with Crippen molar-refractivity contribution in [3.8, 4) is 5.75 Å². The molecule has 0 radical (unpaired) electrons. The van der Waals surface area contributed by atoms with E-state index in [9.17, 15) is 20.0 Å². The highest BCUT2D eigenvalue weighted by Crippen LogP contribution is 2.34. The van der Waals surface area contributed by atoms with Crippen LogP contribution in [0, 0.1) is 16.0 Å². The fraction of sp³-hybridized carbons (Fsp3) is 0.500. The molecule has 2 rings (SSSR count). The van der Waals surface area contributed by atoms with Gasteiger partial charge in [0.1, 0.15) is 5.75 Å². The lowest BCUT2D eigenvalue weighted by atomic mass is 9.87. The Morgan fingerprint density at radius 1 is 1.35 bits per heavy atom. The molecule has 1 aromatic carbocycles.